The lowest BCUT2D eigenvalue weighted by molar-refractivity contribution is 0.129. The molecule has 0 spiro atoms. The first-order chi connectivity index (χ1) is 12.0. The first kappa shape index (κ1) is 16.7. The minimum Gasteiger partial charge on any atom is -0.454 e. The SMILES string of the molecule is O=S1(=O)CCN(Cc2csc(-c3cc4ccccc4o3)n2)C(CO)C1. The van der Waals surface area contributed by atoms with E-state index in [-0.39, 0.29) is 24.2 Å². The van der Waals surface area contributed by atoms with E-state index in [4.69, 9.17) is 4.42 Å². The van der Waals surface area contributed by atoms with Gasteiger partial charge in [-0.1, -0.05) is 18.2 Å². The molecule has 1 aliphatic rings. The van der Waals surface area contributed by atoms with E-state index in [1.807, 2.05) is 40.6 Å². The summed E-state index contributed by atoms with van der Waals surface area (Å²) in [6.07, 6.45) is 0. The predicted molar refractivity (Wildman–Crippen MR) is 97.3 cm³/mol. The summed E-state index contributed by atoms with van der Waals surface area (Å²) in [6.45, 7) is 0.780. The van der Waals surface area contributed by atoms with Crippen molar-refractivity contribution in [2.45, 2.75) is 12.6 Å². The summed E-state index contributed by atoms with van der Waals surface area (Å²) >= 11 is 1.50. The summed E-state index contributed by atoms with van der Waals surface area (Å²) in [4.78, 5) is 6.61. The van der Waals surface area contributed by atoms with Gasteiger partial charge in [0.15, 0.2) is 20.6 Å². The summed E-state index contributed by atoms with van der Waals surface area (Å²) in [5, 5.41) is 13.3. The van der Waals surface area contributed by atoms with Crippen molar-refractivity contribution in [3.63, 3.8) is 0 Å². The first-order valence-electron chi connectivity index (χ1n) is 8.03. The van der Waals surface area contributed by atoms with Gasteiger partial charge in [0.1, 0.15) is 5.58 Å². The zero-order chi connectivity index (χ0) is 17.4. The Morgan fingerprint density at radius 2 is 2.20 bits per heavy atom. The molecule has 0 bridgehead atoms. The Kier molecular flexibility index (Phi) is 4.36. The molecule has 1 N–H and O–H groups in total. The van der Waals surface area contributed by atoms with E-state index < -0.39 is 9.84 Å². The van der Waals surface area contributed by atoms with Crippen LogP contribution in [0.4, 0.5) is 0 Å². The zero-order valence-corrected chi connectivity index (χ0v) is 15.1. The molecule has 2 aromatic heterocycles. The number of sulfone groups is 1. The maximum Gasteiger partial charge on any atom is 0.164 e. The molecule has 8 heteroatoms. The lowest BCUT2D eigenvalue weighted by Gasteiger charge is -2.33. The van der Waals surface area contributed by atoms with Crippen LogP contribution >= 0.6 is 11.3 Å². The fraction of sp³-hybridized carbons (Fsp3) is 0.353. The number of nitrogens with zero attached hydrogens (tertiary/aromatic N) is 2. The molecule has 1 aliphatic heterocycles. The quantitative estimate of drug-likeness (QED) is 0.749. The number of fused-ring (bicyclic) bond motifs is 1. The Bertz CT molecular complexity index is 960. The van der Waals surface area contributed by atoms with Crippen molar-refractivity contribution in [2.75, 3.05) is 24.7 Å². The average Bonchev–Trinajstić information content (AvgIpc) is 3.22. The second-order valence-corrected chi connectivity index (χ2v) is 9.30. The lowest BCUT2D eigenvalue weighted by atomic mass is 10.2. The largest absolute Gasteiger partial charge is 0.454 e. The second kappa shape index (κ2) is 6.53. The molecule has 3 aromatic rings. The van der Waals surface area contributed by atoms with E-state index in [0.29, 0.717) is 13.1 Å². The molecule has 1 fully saturated rings. The van der Waals surface area contributed by atoms with Crippen LogP contribution in [0, 0.1) is 0 Å². The van der Waals surface area contributed by atoms with Crippen molar-refractivity contribution in [3.05, 3.63) is 41.4 Å². The molecule has 25 heavy (non-hydrogen) atoms. The van der Waals surface area contributed by atoms with Gasteiger partial charge >= 0.3 is 0 Å². The van der Waals surface area contributed by atoms with Crippen LogP contribution in [-0.4, -0.2) is 54.1 Å². The van der Waals surface area contributed by atoms with E-state index in [0.717, 1.165) is 27.4 Å². The van der Waals surface area contributed by atoms with E-state index in [1.54, 1.807) is 0 Å². The second-order valence-electron chi connectivity index (χ2n) is 6.21. The number of benzene rings is 1. The Morgan fingerprint density at radius 1 is 1.36 bits per heavy atom. The highest BCUT2D eigenvalue weighted by Gasteiger charge is 2.31. The Labute approximate surface area is 149 Å². The molecular formula is C17H18N2O4S2. The molecule has 0 amide bonds. The van der Waals surface area contributed by atoms with E-state index >= 15 is 0 Å². The van der Waals surface area contributed by atoms with E-state index in [9.17, 15) is 13.5 Å². The summed E-state index contributed by atoms with van der Waals surface area (Å²) in [5.74, 6) is 0.867. The lowest BCUT2D eigenvalue weighted by Crippen LogP contribution is -2.49. The van der Waals surface area contributed by atoms with Crippen LogP contribution in [-0.2, 0) is 16.4 Å². The topological polar surface area (TPSA) is 83.6 Å². The summed E-state index contributed by atoms with van der Waals surface area (Å²) < 4.78 is 29.3. The zero-order valence-electron chi connectivity index (χ0n) is 13.5. The molecule has 6 nitrogen and oxygen atoms in total. The maximum absolute atomic E-state index is 11.7. The van der Waals surface area contributed by atoms with E-state index in [1.165, 1.54) is 11.3 Å². The molecule has 4 rings (SSSR count). The van der Waals surface area contributed by atoms with Crippen molar-refractivity contribution in [3.8, 4) is 10.8 Å². The van der Waals surface area contributed by atoms with Crippen LogP contribution in [0.1, 0.15) is 5.69 Å². The van der Waals surface area contributed by atoms with Crippen molar-refractivity contribution >= 4 is 32.1 Å². The Balaban J connectivity index is 1.53. The Hall–Kier alpha value is -1.74. The number of aliphatic hydroxyl groups excluding tert-OH is 1. The smallest absolute Gasteiger partial charge is 0.164 e. The Morgan fingerprint density at radius 3 is 3.00 bits per heavy atom. The highest BCUT2D eigenvalue weighted by Crippen LogP contribution is 2.30. The summed E-state index contributed by atoms with van der Waals surface area (Å²) in [6, 6.07) is 9.43. The van der Waals surface area contributed by atoms with Gasteiger partial charge in [0.25, 0.3) is 0 Å². The number of thiazole rings is 1. The van der Waals surface area contributed by atoms with Crippen molar-refractivity contribution in [2.24, 2.45) is 0 Å². The van der Waals surface area contributed by atoms with Crippen molar-refractivity contribution < 1.29 is 17.9 Å². The van der Waals surface area contributed by atoms with Gasteiger partial charge in [-0.15, -0.1) is 11.3 Å². The molecule has 0 radical (unpaired) electrons. The van der Waals surface area contributed by atoms with Crippen LogP contribution in [0.2, 0.25) is 0 Å². The van der Waals surface area contributed by atoms with Gasteiger partial charge in [0.05, 0.1) is 23.8 Å². The van der Waals surface area contributed by atoms with Crippen molar-refractivity contribution in [1.29, 1.82) is 0 Å². The number of hydrogen-bond acceptors (Lipinski definition) is 7. The molecule has 1 atom stereocenters. The van der Waals surface area contributed by atoms with Gasteiger partial charge in [-0.05, 0) is 12.1 Å². The monoisotopic (exact) mass is 378 g/mol. The maximum atomic E-state index is 11.7. The normalized spacial score (nSPS) is 20.9. The molecule has 0 saturated carbocycles. The molecule has 1 unspecified atom stereocenters. The number of aromatic nitrogens is 1. The third kappa shape index (κ3) is 3.48. The highest BCUT2D eigenvalue weighted by atomic mass is 32.2. The van der Waals surface area contributed by atoms with Gasteiger partial charge in [0, 0.05) is 29.9 Å². The molecule has 0 aliphatic carbocycles. The standard InChI is InChI=1S/C17H18N2O4S2/c20-9-14-11-25(21,22)6-5-19(14)8-13-10-24-17(18-13)16-7-12-3-1-2-4-15(12)23-16/h1-4,7,10,14,20H,5-6,8-9,11H2. The first-order valence-corrected chi connectivity index (χ1v) is 10.7. The third-order valence-corrected chi connectivity index (χ3v) is 7.02. The van der Waals surface area contributed by atoms with Gasteiger partial charge in [0.2, 0.25) is 0 Å². The number of rotatable bonds is 4. The van der Waals surface area contributed by atoms with Crippen LogP contribution in [0.15, 0.2) is 40.1 Å². The molecule has 132 valence electrons. The predicted octanol–water partition coefficient (Wildman–Crippen LogP) is 2.15. The summed E-state index contributed by atoms with van der Waals surface area (Å²) in [5.41, 5.74) is 1.69. The number of furan rings is 1. The van der Waals surface area contributed by atoms with Crippen LogP contribution in [0.5, 0.6) is 0 Å². The van der Waals surface area contributed by atoms with Crippen LogP contribution < -0.4 is 0 Å². The van der Waals surface area contributed by atoms with Gasteiger partial charge in [-0.2, -0.15) is 0 Å². The average molecular weight is 378 g/mol. The molecule has 1 aromatic carbocycles. The van der Waals surface area contributed by atoms with E-state index in [2.05, 4.69) is 4.98 Å². The highest BCUT2D eigenvalue weighted by molar-refractivity contribution is 7.91. The number of aliphatic hydroxyl groups is 1. The van der Waals surface area contributed by atoms with Crippen molar-refractivity contribution in [1.82, 2.24) is 9.88 Å². The third-order valence-electron chi connectivity index (χ3n) is 4.42. The molecular weight excluding hydrogens is 360 g/mol. The van der Waals surface area contributed by atoms with Crippen LogP contribution in [0.3, 0.4) is 0 Å². The molecule has 1 saturated heterocycles. The minimum absolute atomic E-state index is 0.00404. The summed E-state index contributed by atoms with van der Waals surface area (Å²) in [7, 11) is -3.06. The fourth-order valence-corrected chi connectivity index (χ4v) is 5.43. The van der Waals surface area contributed by atoms with Gasteiger partial charge in [-0.25, -0.2) is 13.4 Å². The van der Waals surface area contributed by atoms with Crippen LogP contribution in [0.25, 0.3) is 21.7 Å². The van der Waals surface area contributed by atoms with Gasteiger partial charge in [-0.3, -0.25) is 4.90 Å². The molecule has 3 heterocycles. The fourth-order valence-electron chi connectivity index (χ4n) is 3.09. The number of para-hydroxylation sites is 1. The minimum atomic E-state index is -3.06. The number of hydrogen-bond donors (Lipinski definition) is 1. The van der Waals surface area contributed by atoms with Gasteiger partial charge < -0.3 is 9.52 Å².